The Morgan fingerprint density at radius 2 is 2.42 bits per heavy atom. The predicted molar refractivity (Wildman–Crippen MR) is 76.1 cm³/mol. The highest BCUT2D eigenvalue weighted by Gasteiger charge is 2.29. The van der Waals surface area contributed by atoms with Crippen LogP contribution < -0.4 is 10.2 Å². The van der Waals surface area contributed by atoms with Crippen molar-refractivity contribution in [2.75, 3.05) is 31.7 Å². The number of anilines is 1. The maximum atomic E-state index is 11.9. The maximum absolute atomic E-state index is 11.9. The Morgan fingerprint density at radius 3 is 3.05 bits per heavy atom. The third-order valence-corrected chi connectivity index (χ3v) is 3.95. The van der Waals surface area contributed by atoms with Gasteiger partial charge in [-0.05, 0) is 17.7 Å². The lowest BCUT2D eigenvalue weighted by molar-refractivity contribution is -0.124. The number of ether oxygens (including phenoxy) is 1. The standard InChI is InChI=1S/C13H17BrN2O3/c1-15-13(18)12-8-19-5-4-16(12)10-3-2-9(7-17)11(14)6-10/h2-3,6,12,17H,4-5,7-8H2,1H3,(H,15,18). The fraction of sp³-hybridized carbons (Fsp3) is 0.462. The topological polar surface area (TPSA) is 61.8 Å². The molecule has 0 spiro atoms. The molecule has 5 nitrogen and oxygen atoms in total. The molecule has 6 heteroatoms. The first-order chi connectivity index (χ1) is 9.17. The number of nitrogens with one attached hydrogen (secondary N) is 1. The lowest BCUT2D eigenvalue weighted by Crippen LogP contribution is -2.53. The van der Waals surface area contributed by atoms with Crippen LogP contribution in [-0.2, 0) is 16.1 Å². The Balaban J connectivity index is 2.27. The van der Waals surface area contributed by atoms with E-state index >= 15 is 0 Å². The van der Waals surface area contributed by atoms with Gasteiger partial charge in [-0.15, -0.1) is 0 Å². The molecule has 1 amide bonds. The van der Waals surface area contributed by atoms with Crippen molar-refractivity contribution in [1.82, 2.24) is 5.32 Å². The highest BCUT2D eigenvalue weighted by Crippen LogP contribution is 2.26. The number of nitrogens with zero attached hydrogens (tertiary/aromatic N) is 1. The minimum atomic E-state index is -0.314. The molecule has 0 radical (unpaired) electrons. The molecule has 0 bridgehead atoms. The van der Waals surface area contributed by atoms with E-state index in [2.05, 4.69) is 21.2 Å². The van der Waals surface area contributed by atoms with Crippen molar-refractivity contribution in [3.8, 4) is 0 Å². The van der Waals surface area contributed by atoms with Gasteiger partial charge in [-0.3, -0.25) is 4.79 Å². The summed E-state index contributed by atoms with van der Waals surface area (Å²) in [6, 6.07) is 5.38. The van der Waals surface area contributed by atoms with E-state index in [-0.39, 0.29) is 18.6 Å². The number of halogens is 1. The first kappa shape index (κ1) is 14.3. The number of hydrogen-bond donors (Lipinski definition) is 2. The Kier molecular flexibility index (Phi) is 4.79. The number of carbonyl (C=O) groups excluding carboxylic acids is 1. The van der Waals surface area contributed by atoms with Crippen molar-refractivity contribution >= 4 is 27.5 Å². The summed E-state index contributed by atoms with van der Waals surface area (Å²) in [6.45, 7) is 1.65. The number of benzene rings is 1. The summed E-state index contributed by atoms with van der Waals surface area (Å²) in [6.07, 6.45) is 0. The first-order valence-corrected chi connectivity index (χ1v) is 6.92. The molecule has 1 aliphatic heterocycles. The fourth-order valence-electron chi connectivity index (χ4n) is 2.14. The van der Waals surface area contributed by atoms with Crippen molar-refractivity contribution in [1.29, 1.82) is 0 Å². The molecule has 1 unspecified atom stereocenters. The molecule has 0 aromatic heterocycles. The van der Waals surface area contributed by atoms with Crippen molar-refractivity contribution in [2.45, 2.75) is 12.6 Å². The summed E-state index contributed by atoms with van der Waals surface area (Å²) in [4.78, 5) is 13.9. The van der Waals surface area contributed by atoms with Crippen LogP contribution in [0.15, 0.2) is 22.7 Å². The molecule has 2 rings (SSSR count). The molecule has 0 aliphatic carbocycles. The van der Waals surface area contributed by atoms with Gasteiger partial charge >= 0.3 is 0 Å². The molecule has 1 fully saturated rings. The van der Waals surface area contributed by atoms with E-state index in [1.54, 1.807) is 7.05 Å². The summed E-state index contributed by atoms with van der Waals surface area (Å²) < 4.78 is 6.22. The van der Waals surface area contributed by atoms with Crippen LogP contribution in [0.2, 0.25) is 0 Å². The molecule has 104 valence electrons. The second kappa shape index (κ2) is 6.36. The van der Waals surface area contributed by atoms with Crippen molar-refractivity contribution in [2.24, 2.45) is 0 Å². The smallest absolute Gasteiger partial charge is 0.244 e. The lowest BCUT2D eigenvalue weighted by atomic mass is 10.1. The molecule has 1 saturated heterocycles. The van der Waals surface area contributed by atoms with Crippen LogP contribution in [0.5, 0.6) is 0 Å². The maximum Gasteiger partial charge on any atom is 0.244 e. The second-order valence-corrected chi connectivity index (χ2v) is 5.19. The zero-order chi connectivity index (χ0) is 13.8. The van der Waals surface area contributed by atoms with Gasteiger partial charge in [-0.25, -0.2) is 0 Å². The van der Waals surface area contributed by atoms with E-state index in [1.807, 2.05) is 23.1 Å². The summed E-state index contributed by atoms with van der Waals surface area (Å²) in [7, 11) is 1.62. The van der Waals surface area contributed by atoms with Crippen LogP contribution in [-0.4, -0.2) is 43.9 Å². The van der Waals surface area contributed by atoms with Gasteiger partial charge in [0.05, 0.1) is 19.8 Å². The Hall–Kier alpha value is -1.11. The van der Waals surface area contributed by atoms with Crippen LogP contribution in [0.25, 0.3) is 0 Å². The average Bonchev–Trinajstić information content (AvgIpc) is 2.46. The van der Waals surface area contributed by atoms with Crippen LogP contribution >= 0.6 is 15.9 Å². The van der Waals surface area contributed by atoms with Gasteiger partial charge in [0.2, 0.25) is 5.91 Å². The third kappa shape index (κ3) is 3.08. The normalized spacial score (nSPS) is 19.3. The van der Waals surface area contributed by atoms with Gasteiger partial charge in [0.15, 0.2) is 0 Å². The van der Waals surface area contributed by atoms with Gasteiger partial charge in [-0.1, -0.05) is 22.0 Å². The molecular weight excluding hydrogens is 312 g/mol. The van der Waals surface area contributed by atoms with Gasteiger partial charge in [0.1, 0.15) is 6.04 Å². The largest absolute Gasteiger partial charge is 0.392 e. The van der Waals surface area contributed by atoms with E-state index in [1.165, 1.54) is 0 Å². The van der Waals surface area contributed by atoms with E-state index in [0.717, 1.165) is 15.7 Å². The number of rotatable bonds is 3. The van der Waals surface area contributed by atoms with Gasteiger partial charge in [0.25, 0.3) is 0 Å². The highest BCUT2D eigenvalue weighted by atomic mass is 79.9. The number of hydrogen-bond acceptors (Lipinski definition) is 4. The number of aliphatic hydroxyl groups is 1. The average molecular weight is 329 g/mol. The van der Waals surface area contributed by atoms with Gasteiger partial charge in [0, 0.05) is 23.8 Å². The van der Waals surface area contributed by atoms with Crippen molar-refractivity contribution in [3.63, 3.8) is 0 Å². The zero-order valence-corrected chi connectivity index (χ0v) is 12.3. The molecule has 0 saturated carbocycles. The van der Waals surface area contributed by atoms with E-state index in [9.17, 15) is 9.90 Å². The summed E-state index contributed by atoms with van der Waals surface area (Å²) in [5.74, 6) is -0.0537. The monoisotopic (exact) mass is 328 g/mol. The fourth-order valence-corrected chi connectivity index (χ4v) is 2.63. The molecule has 2 N–H and O–H groups in total. The SMILES string of the molecule is CNC(=O)C1COCCN1c1ccc(CO)c(Br)c1. The van der Waals surface area contributed by atoms with Gasteiger partial charge < -0.3 is 20.1 Å². The summed E-state index contributed by atoms with van der Waals surface area (Å²) >= 11 is 3.43. The molecule has 1 heterocycles. The van der Waals surface area contributed by atoms with Crippen molar-refractivity contribution in [3.05, 3.63) is 28.2 Å². The second-order valence-electron chi connectivity index (χ2n) is 4.33. The first-order valence-electron chi connectivity index (χ1n) is 6.12. The number of aliphatic hydroxyl groups excluding tert-OH is 1. The van der Waals surface area contributed by atoms with Gasteiger partial charge in [-0.2, -0.15) is 0 Å². The number of likely N-dealkylation sites (N-methyl/N-ethyl adjacent to an activating group) is 1. The minimum absolute atomic E-state index is 0.0111. The predicted octanol–water partition coefficient (Wildman–Crippen LogP) is 0.893. The molecule has 1 aromatic carbocycles. The molecule has 1 aliphatic rings. The quantitative estimate of drug-likeness (QED) is 0.865. The molecular formula is C13H17BrN2O3. The number of carbonyl (C=O) groups is 1. The van der Waals surface area contributed by atoms with Crippen LogP contribution in [0.3, 0.4) is 0 Å². The third-order valence-electron chi connectivity index (χ3n) is 3.22. The number of amides is 1. The van der Waals surface area contributed by atoms with Crippen LogP contribution in [0.1, 0.15) is 5.56 Å². The van der Waals surface area contributed by atoms with Crippen molar-refractivity contribution < 1.29 is 14.6 Å². The zero-order valence-electron chi connectivity index (χ0n) is 10.7. The molecule has 1 aromatic rings. The summed E-state index contributed by atoms with van der Waals surface area (Å²) in [5, 5.41) is 11.8. The van der Waals surface area contributed by atoms with E-state index in [0.29, 0.717) is 19.8 Å². The van der Waals surface area contributed by atoms with Crippen LogP contribution in [0.4, 0.5) is 5.69 Å². The highest BCUT2D eigenvalue weighted by molar-refractivity contribution is 9.10. The summed E-state index contributed by atoms with van der Waals surface area (Å²) in [5.41, 5.74) is 1.77. The van der Waals surface area contributed by atoms with Crippen LogP contribution in [0, 0.1) is 0 Å². The Labute approximate surface area is 120 Å². The van der Waals surface area contributed by atoms with E-state index < -0.39 is 0 Å². The Morgan fingerprint density at radius 1 is 1.63 bits per heavy atom. The Bertz CT molecular complexity index is 467. The number of morpholine rings is 1. The minimum Gasteiger partial charge on any atom is -0.392 e. The molecule has 19 heavy (non-hydrogen) atoms. The lowest BCUT2D eigenvalue weighted by Gasteiger charge is -2.36. The molecule has 1 atom stereocenters. The van der Waals surface area contributed by atoms with E-state index in [4.69, 9.17) is 4.74 Å².